The molecule has 18 heavy (non-hydrogen) atoms. The van der Waals surface area contributed by atoms with Gasteiger partial charge in [-0.2, -0.15) is 0 Å². The molecular weight excluding hydrogens is 236 g/mol. The lowest BCUT2D eigenvalue weighted by molar-refractivity contribution is 0.0571. The molecule has 0 radical (unpaired) electrons. The minimum absolute atomic E-state index is 0.0973. The first kappa shape index (κ1) is 12.5. The van der Waals surface area contributed by atoms with Gasteiger partial charge in [-0.25, -0.2) is 9.78 Å². The van der Waals surface area contributed by atoms with Gasteiger partial charge in [0.1, 0.15) is 5.69 Å². The summed E-state index contributed by atoms with van der Waals surface area (Å²) >= 11 is 0. The number of aromatic carboxylic acids is 1. The Balaban J connectivity index is 2.12. The first-order valence-electron chi connectivity index (χ1n) is 5.60. The Hall–Kier alpha value is -1.95. The van der Waals surface area contributed by atoms with Crippen LogP contribution < -0.4 is 0 Å². The lowest BCUT2D eigenvalue weighted by atomic mass is 10.1. The van der Waals surface area contributed by atoms with E-state index in [9.17, 15) is 14.7 Å². The Bertz CT molecular complexity index is 481. The molecule has 1 aliphatic heterocycles. The summed E-state index contributed by atoms with van der Waals surface area (Å²) in [6.45, 7) is 2.46. The van der Waals surface area contributed by atoms with Crippen LogP contribution in [0.1, 0.15) is 34.2 Å². The summed E-state index contributed by atoms with van der Waals surface area (Å²) in [5.41, 5.74) is -0.609. The molecule has 0 aliphatic carbocycles. The molecule has 1 aliphatic rings. The van der Waals surface area contributed by atoms with E-state index in [2.05, 4.69) is 4.98 Å². The fourth-order valence-electron chi connectivity index (χ4n) is 1.95. The monoisotopic (exact) mass is 250 g/mol. The molecule has 0 spiro atoms. The molecule has 0 aromatic carbocycles. The summed E-state index contributed by atoms with van der Waals surface area (Å²) in [6, 6.07) is 2.73. The number of nitrogens with zero attached hydrogens (tertiary/aromatic N) is 2. The van der Waals surface area contributed by atoms with E-state index >= 15 is 0 Å². The zero-order valence-corrected chi connectivity index (χ0v) is 9.96. The Morgan fingerprint density at radius 3 is 2.61 bits per heavy atom. The summed E-state index contributed by atoms with van der Waals surface area (Å²) in [6.07, 6.45) is 1.79. The normalized spacial score (nSPS) is 23.1. The summed E-state index contributed by atoms with van der Waals surface area (Å²) in [5, 5.41) is 18.5. The van der Waals surface area contributed by atoms with Crippen molar-refractivity contribution in [1.29, 1.82) is 0 Å². The molecule has 1 atom stereocenters. The van der Waals surface area contributed by atoms with Crippen LogP contribution in [-0.4, -0.2) is 50.7 Å². The van der Waals surface area contributed by atoms with E-state index in [4.69, 9.17) is 5.11 Å². The number of aromatic nitrogens is 1. The average Bonchev–Trinajstić information content (AvgIpc) is 2.69. The topological polar surface area (TPSA) is 90.7 Å². The fraction of sp³-hybridized carbons (Fsp3) is 0.417. The van der Waals surface area contributed by atoms with Gasteiger partial charge in [0, 0.05) is 19.3 Å². The fourth-order valence-corrected chi connectivity index (χ4v) is 1.95. The number of carboxylic acid groups (broad SMARTS) is 1. The number of β-amino-alcohol motifs (C(OH)–C–C–N with tert-alkyl or cyclic N) is 1. The van der Waals surface area contributed by atoms with Gasteiger partial charge in [0.2, 0.25) is 0 Å². The minimum Gasteiger partial charge on any atom is -0.477 e. The Labute approximate surface area is 104 Å². The molecule has 2 rings (SSSR count). The van der Waals surface area contributed by atoms with Crippen LogP contribution in [0.5, 0.6) is 0 Å². The van der Waals surface area contributed by atoms with Gasteiger partial charge >= 0.3 is 5.97 Å². The molecule has 2 N–H and O–H groups in total. The van der Waals surface area contributed by atoms with Crippen molar-refractivity contribution in [2.45, 2.75) is 18.9 Å². The molecule has 1 aromatic heterocycles. The Kier molecular flexibility index (Phi) is 3.04. The molecule has 6 heteroatoms. The van der Waals surface area contributed by atoms with E-state index in [0.717, 1.165) is 0 Å². The number of hydrogen-bond donors (Lipinski definition) is 2. The maximum Gasteiger partial charge on any atom is 0.354 e. The van der Waals surface area contributed by atoms with Crippen molar-refractivity contribution in [1.82, 2.24) is 9.88 Å². The van der Waals surface area contributed by atoms with Gasteiger partial charge < -0.3 is 15.1 Å². The van der Waals surface area contributed by atoms with E-state index in [1.807, 2.05) is 0 Å². The van der Waals surface area contributed by atoms with E-state index in [-0.39, 0.29) is 18.1 Å². The summed E-state index contributed by atoms with van der Waals surface area (Å²) in [7, 11) is 0. The van der Waals surface area contributed by atoms with Gasteiger partial charge in [-0.05, 0) is 25.5 Å². The van der Waals surface area contributed by atoms with Crippen LogP contribution in [0.15, 0.2) is 18.3 Å². The number of carboxylic acids is 1. The highest BCUT2D eigenvalue weighted by molar-refractivity contribution is 5.95. The standard InChI is InChI=1S/C12H14N2O4/c1-12(18)4-5-14(7-12)10(15)8-2-3-9(11(16)17)13-6-8/h2-3,6,18H,4-5,7H2,1H3,(H,16,17). The first-order valence-corrected chi connectivity index (χ1v) is 5.60. The second kappa shape index (κ2) is 4.38. The largest absolute Gasteiger partial charge is 0.477 e. The number of aliphatic hydroxyl groups is 1. The molecule has 1 unspecified atom stereocenters. The second-order valence-corrected chi connectivity index (χ2v) is 4.71. The number of amides is 1. The number of hydrogen-bond acceptors (Lipinski definition) is 4. The molecular formula is C12H14N2O4. The van der Waals surface area contributed by atoms with Crippen LogP contribution in [0.2, 0.25) is 0 Å². The third-order valence-corrected chi connectivity index (χ3v) is 2.97. The number of likely N-dealkylation sites (tertiary alicyclic amines) is 1. The molecule has 96 valence electrons. The summed E-state index contributed by atoms with van der Waals surface area (Å²) in [5.74, 6) is -1.37. The molecule has 1 aromatic rings. The van der Waals surface area contributed by atoms with Gasteiger partial charge in [-0.3, -0.25) is 4.79 Å². The first-order chi connectivity index (χ1) is 8.39. The van der Waals surface area contributed by atoms with Crippen molar-refractivity contribution in [2.75, 3.05) is 13.1 Å². The van der Waals surface area contributed by atoms with E-state index in [0.29, 0.717) is 18.5 Å². The van der Waals surface area contributed by atoms with Crippen molar-refractivity contribution >= 4 is 11.9 Å². The van der Waals surface area contributed by atoms with E-state index < -0.39 is 11.6 Å². The van der Waals surface area contributed by atoms with Crippen LogP contribution in [0, 0.1) is 0 Å². The van der Waals surface area contributed by atoms with Gasteiger partial charge in [-0.15, -0.1) is 0 Å². The molecule has 0 saturated carbocycles. The van der Waals surface area contributed by atoms with Gasteiger partial charge in [0.15, 0.2) is 0 Å². The van der Waals surface area contributed by atoms with Crippen molar-refractivity contribution in [3.05, 3.63) is 29.6 Å². The van der Waals surface area contributed by atoms with Crippen LogP contribution in [-0.2, 0) is 0 Å². The third kappa shape index (κ3) is 2.48. The predicted molar refractivity (Wildman–Crippen MR) is 62.3 cm³/mol. The lowest BCUT2D eigenvalue weighted by Crippen LogP contribution is -2.33. The Morgan fingerprint density at radius 2 is 2.17 bits per heavy atom. The quantitative estimate of drug-likeness (QED) is 0.791. The minimum atomic E-state index is -1.13. The molecule has 1 amide bonds. The number of carbonyl (C=O) groups is 2. The maximum atomic E-state index is 12.0. The van der Waals surface area contributed by atoms with Crippen LogP contribution in [0.4, 0.5) is 0 Å². The molecule has 1 fully saturated rings. The van der Waals surface area contributed by atoms with E-state index in [1.165, 1.54) is 23.2 Å². The lowest BCUT2D eigenvalue weighted by Gasteiger charge is -2.18. The third-order valence-electron chi connectivity index (χ3n) is 2.97. The predicted octanol–water partition coefficient (Wildman–Crippen LogP) is 0.377. The van der Waals surface area contributed by atoms with Gasteiger partial charge in [0.05, 0.1) is 11.2 Å². The van der Waals surface area contributed by atoms with Crippen LogP contribution >= 0.6 is 0 Å². The second-order valence-electron chi connectivity index (χ2n) is 4.71. The van der Waals surface area contributed by atoms with Gasteiger partial charge in [-0.1, -0.05) is 0 Å². The number of rotatable bonds is 2. The highest BCUT2D eigenvalue weighted by atomic mass is 16.4. The Morgan fingerprint density at radius 1 is 1.44 bits per heavy atom. The zero-order chi connectivity index (χ0) is 13.3. The summed E-state index contributed by atoms with van der Waals surface area (Å²) < 4.78 is 0. The number of pyridine rings is 1. The van der Waals surface area contributed by atoms with Crippen LogP contribution in [0.25, 0.3) is 0 Å². The smallest absolute Gasteiger partial charge is 0.354 e. The number of carbonyl (C=O) groups excluding carboxylic acids is 1. The van der Waals surface area contributed by atoms with Crippen molar-refractivity contribution < 1.29 is 19.8 Å². The molecule has 6 nitrogen and oxygen atoms in total. The SMILES string of the molecule is CC1(O)CCN(C(=O)c2ccc(C(=O)O)nc2)C1. The average molecular weight is 250 g/mol. The molecule has 2 heterocycles. The maximum absolute atomic E-state index is 12.0. The molecule has 0 bridgehead atoms. The van der Waals surface area contributed by atoms with Crippen molar-refractivity contribution in [2.24, 2.45) is 0 Å². The van der Waals surface area contributed by atoms with Crippen LogP contribution in [0.3, 0.4) is 0 Å². The van der Waals surface area contributed by atoms with E-state index in [1.54, 1.807) is 6.92 Å². The molecule has 1 saturated heterocycles. The summed E-state index contributed by atoms with van der Waals surface area (Å²) in [4.78, 5) is 27.9. The van der Waals surface area contributed by atoms with Crippen molar-refractivity contribution in [3.63, 3.8) is 0 Å². The highest BCUT2D eigenvalue weighted by Crippen LogP contribution is 2.21. The highest BCUT2D eigenvalue weighted by Gasteiger charge is 2.34. The van der Waals surface area contributed by atoms with Crippen molar-refractivity contribution in [3.8, 4) is 0 Å². The zero-order valence-electron chi connectivity index (χ0n) is 9.96. The van der Waals surface area contributed by atoms with Gasteiger partial charge in [0.25, 0.3) is 5.91 Å².